The summed E-state index contributed by atoms with van der Waals surface area (Å²) in [7, 11) is 0. The molecule has 1 fully saturated rings. The lowest BCUT2D eigenvalue weighted by atomic mass is 10.1. The Labute approximate surface area is 130 Å². The Morgan fingerprint density at radius 2 is 2.05 bits per heavy atom. The van der Waals surface area contributed by atoms with Crippen molar-refractivity contribution < 1.29 is 9.72 Å². The summed E-state index contributed by atoms with van der Waals surface area (Å²) in [4.78, 5) is 26.9. The molecule has 0 atom stereocenters. The largest absolute Gasteiger partial charge is 0.338 e. The molecule has 1 saturated heterocycles. The predicted molar refractivity (Wildman–Crippen MR) is 85.4 cm³/mol. The zero-order valence-electron chi connectivity index (χ0n) is 12.8. The minimum absolute atomic E-state index is 0.0135. The molecule has 0 bridgehead atoms. The van der Waals surface area contributed by atoms with Crippen LogP contribution in [0.4, 0.5) is 5.69 Å². The highest BCUT2D eigenvalue weighted by molar-refractivity contribution is 5.92. The molecule has 1 aliphatic rings. The topological polar surface area (TPSA) is 66.7 Å². The number of nitrogens with zero attached hydrogens (tertiary/aromatic N) is 3. The van der Waals surface area contributed by atoms with E-state index < -0.39 is 4.92 Å². The second-order valence-corrected chi connectivity index (χ2v) is 5.26. The van der Waals surface area contributed by atoms with Crippen molar-refractivity contribution in [3.05, 3.63) is 46.0 Å². The van der Waals surface area contributed by atoms with E-state index in [0.717, 1.165) is 32.6 Å². The normalized spacial score (nSPS) is 16.7. The molecule has 1 heterocycles. The van der Waals surface area contributed by atoms with Crippen LogP contribution < -0.4 is 0 Å². The van der Waals surface area contributed by atoms with Crippen LogP contribution in [0.15, 0.2) is 30.3 Å². The monoisotopic (exact) mass is 303 g/mol. The van der Waals surface area contributed by atoms with Gasteiger partial charge in [-0.1, -0.05) is 19.1 Å². The Balaban J connectivity index is 2.04. The van der Waals surface area contributed by atoms with E-state index in [9.17, 15) is 14.9 Å². The molecule has 6 nitrogen and oxygen atoms in total. The molecule has 118 valence electrons. The lowest BCUT2D eigenvalue weighted by Crippen LogP contribution is -2.34. The molecule has 0 aromatic heterocycles. The van der Waals surface area contributed by atoms with Crippen LogP contribution in [-0.2, 0) is 4.79 Å². The summed E-state index contributed by atoms with van der Waals surface area (Å²) in [5.74, 6) is -0.0869. The highest BCUT2D eigenvalue weighted by atomic mass is 16.6. The Kier molecular flexibility index (Phi) is 5.66. The van der Waals surface area contributed by atoms with E-state index in [1.54, 1.807) is 23.1 Å². The van der Waals surface area contributed by atoms with Gasteiger partial charge in [-0.3, -0.25) is 14.9 Å². The van der Waals surface area contributed by atoms with Gasteiger partial charge < -0.3 is 9.80 Å². The van der Waals surface area contributed by atoms with Crippen LogP contribution >= 0.6 is 0 Å². The molecule has 0 unspecified atom stereocenters. The maximum absolute atomic E-state index is 12.3. The SMILES string of the molecule is CCN1CCCN(C(=O)/C=C/c2ccccc2[N+](=O)[O-])CC1. The zero-order chi connectivity index (χ0) is 15.9. The molecule has 2 rings (SSSR count). The number of carbonyl (C=O) groups is 1. The van der Waals surface area contributed by atoms with Crippen molar-refractivity contribution in [1.82, 2.24) is 9.80 Å². The Morgan fingerprint density at radius 1 is 1.27 bits per heavy atom. The summed E-state index contributed by atoms with van der Waals surface area (Å²) in [6, 6.07) is 6.42. The predicted octanol–water partition coefficient (Wildman–Crippen LogP) is 2.16. The Bertz CT molecular complexity index is 572. The molecule has 0 saturated carbocycles. The van der Waals surface area contributed by atoms with Gasteiger partial charge in [0.25, 0.3) is 5.69 Å². The molecule has 0 radical (unpaired) electrons. The number of nitro benzene ring substituents is 1. The molecule has 1 aromatic carbocycles. The molecule has 1 aliphatic heterocycles. The minimum Gasteiger partial charge on any atom is -0.338 e. The smallest absolute Gasteiger partial charge is 0.276 e. The molecule has 0 spiro atoms. The van der Waals surface area contributed by atoms with Crippen molar-refractivity contribution in [2.24, 2.45) is 0 Å². The Hall–Kier alpha value is -2.21. The number of benzene rings is 1. The number of hydrogen-bond donors (Lipinski definition) is 0. The third-order valence-corrected chi connectivity index (χ3v) is 3.89. The number of amides is 1. The van der Waals surface area contributed by atoms with Gasteiger partial charge >= 0.3 is 0 Å². The molecule has 22 heavy (non-hydrogen) atoms. The first-order valence-corrected chi connectivity index (χ1v) is 7.54. The average Bonchev–Trinajstić information content (AvgIpc) is 2.78. The van der Waals surface area contributed by atoms with Crippen LogP contribution in [-0.4, -0.2) is 53.4 Å². The molecular weight excluding hydrogens is 282 g/mol. The van der Waals surface area contributed by atoms with Crippen LogP contribution in [0.25, 0.3) is 6.08 Å². The van der Waals surface area contributed by atoms with Crippen molar-refractivity contribution in [1.29, 1.82) is 0 Å². The molecule has 6 heteroatoms. The number of rotatable bonds is 4. The number of hydrogen-bond acceptors (Lipinski definition) is 4. The molecule has 1 aromatic rings. The van der Waals surface area contributed by atoms with E-state index in [2.05, 4.69) is 11.8 Å². The van der Waals surface area contributed by atoms with Gasteiger partial charge in [-0.05, 0) is 31.7 Å². The summed E-state index contributed by atoms with van der Waals surface area (Å²) < 4.78 is 0. The van der Waals surface area contributed by atoms with Crippen LogP contribution in [0.1, 0.15) is 18.9 Å². The number of nitro groups is 1. The van der Waals surface area contributed by atoms with E-state index >= 15 is 0 Å². The van der Waals surface area contributed by atoms with Gasteiger partial charge in [-0.15, -0.1) is 0 Å². The maximum Gasteiger partial charge on any atom is 0.276 e. The van der Waals surface area contributed by atoms with Crippen molar-refractivity contribution in [3.8, 4) is 0 Å². The summed E-state index contributed by atoms with van der Waals surface area (Å²) >= 11 is 0. The third kappa shape index (κ3) is 4.14. The number of para-hydroxylation sites is 1. The van der Waals surface area contributed by atoms with Gasteiger partial charge in [0.05, 0.1) is 10.5 Å². The van der Waals surface area contributed by atoms with Crippen LogP contribution in [0, 0.1) is 10.1 Å². The van der Waals surface area contributed by atoms with Crippen LogP contribution in [0.5, 0.6) is 0 Å². The summed E-state index contributed by atoms with van der Waals surface area (Å²) in [5.41, 5.74) is 0.463. The van der Waals surface area contributed by atoms with Crippen molar-refractivity contribution in [2.75, 3.05) is 32.7 Å². The van der Waals surface area contributed by atoms with Gasteiger partial charge in [0, 0.05) is 31.8 Å². The lowest BCUT2D eigenvalue weighted by molar-refractivity contribution is -0.385. The highest BCUT2D eigenvalue weighted by Gasteiger charge is 2.17. The first-order chi connectivity index (χ1) is 10.6. The fraction of sp³-hybridized carbons (Fsp3) is 0.438. The summed E-state index contributed by atoms with van der Waals surface area (Å²) in [6.07, 6.45) is 3.92. The van der Waals surface area contributed by atoms with Gasteiger partial charge in [-0.25, -0.2) is 0 Å². The van der Waals surface area contributed by atoms with E-state index in [1.807, 2.05) is 0 Å². The van der Waals surface area contributed by atoms with Gasteiger partial charge in [0.1, 0.15) is 0 Å². The van der Waals surface area contributed by atoms with Crippen molar-refractivity contribution >= 4 is 17.7 Å². The number of carbonyl (C=O) groups excluding carboxylic acids is 1. The van der Waals surface area contributed by atoms with E-state index in [-0.39, 0.29) is 11.6 Å². The zero-order valence-corrected chi connectivity index (χ0v) is 12.8. The molecular formula is C16H21N3O3. The molecule has 0 aliphatic carbocycles. The van der Waals surface area contributed by atoms with Gasteiger partial charge in [0.15, 0.2) is 0 Å². The van der Waals surface area contributed by atoms with E-state index in [1.165, 1.54) is 18.2 Å². The van der Waals surface area contributed by atoms with E-state index in [4.69, 9.17) is 0 Å². The first kappa shape index (κ1) is 16.2. The fourth-order valence-corrected chi connectivity index (χ4v) is 2.57. The minimum atomic E-state index is -0.435. The quantitative estimate of drug-likeness (QED) is 0.486. The second kappa shape index (κ2) is 7.70. The van der Waals surface area contributed by atoms with Crippen LogP contribution in [0.2, 0.25) is 0 Å². The van der Waals surface area contributed by atoms with Crippen molar-refractivity contribution in [3.63, 3.8) is 0 Å². The summed E-state index contributed by atoms with van der Waals surface area (Å²) in [5, 5.41) is 11.0. The lowest BCUT2D eigenvalue weighted by Gasteiger charge is -2.19. The fourth-order valence-electron chi connectivity index (χ4n) is 2.57. The van der Waals surface area contributed by atoms with Crippen LogP contribution in [0.3, 0.4) is 0 Å². The average molecular weight is 303 g/mol. The molecule has 0 N–H and O–H groups in total. The van der Waals surface area contributed by atoms with Gasteiger partial charge in [-0.2, -0.15) is 0 Å². The third-order valence-electron chi connectivity index (χ3n) is 3.89. The van der Waals surface area contributed by atoms with E-state index in [0.29, 0.717) is 12.1 Å². The summed E-state index contributed by atoms with van der Waals surface area (Å²) in [6.45, 7) is 6.43. The van der Waals surface area contributed by atoms with Crippen molar-refractivity contribution in [2.45, 2.75) is 13.3 Å². The molecule has 1 amide bonds. The number of likely N-dealkylation sites (N-methyl/N-ethyl adjacent to an activating group) is 1. The maximum atomic E-state index is 12.3. The Morgan fingerprint density at radius 3 is 2.77 bits per heavy atom. The highest BCUT2D eigenvalue weighted by Crippen LogP contribution is 2.19. The first-order valence-electron chi connectivity index (χ1n) is 7.54. The van der Waals surface area contributed by atoms with Gasteiger partial charge in [0.2, 0.25) is 5.91 Å². The second-order valence-electron chi connectivity index (χ2n) is 5.26. The standard InChI is InChI=1S/C16H21N3O3/c1-2-17-10-5-11-18(13-12-17)16(20)9-8-14-6-3-4-7-15(14)19(21)22/h3-4,6-9H,2,5,10-13H2,1H3/b9-8+.